The van der Waals surface area contributed by atoms with Crippen LogP contribution in [0.1, 0.15) is 65.4 Å². The van der Waals surface area contributed by atoms with Crippen molar-refractivity contribution in [2.45, 2.75) is 77.4 Å². The summed E-state index contributed by atoms with van der Waals surface area (Å²) < 4.78 is 25.3. The predicted molar refractivity (Wildman–Crippen MR) is 138 cm³/mol. The van der Waals surface area contributed by atoms with Crippen molar-refractivity contribution in [1.29, 1.82) is 0 Å². The highest BCUT2D eigenvalue weighted by Crippen LogP contribution is 2.41. The topological polar surface area (TPSA) is 71.1 Å². The van der Waals surface area contributed by atoms with Crippen LogP contribution in [0.3, 0.4) is 0 Å². The average molecular weight is 504 g/mol. The lowest BCUT2D eigenvalue weighted by Gasteiger charge is -2.35. The molecule has 0 aromatic heterocycles. The van der Waals surface area contributed by atoms with Crippen molar-refractivity contribution < 1.29 is 23.5 Å². The van der Waals surface area contributed by atoms with Crippen LogP contribution in [0.15, 0.2) is 18.2 Å². The molecule has 0 spiro atoms. The lowest BCUT2D eigenvalue weighted by atomic mass is 9.84. The summed E-state index contributed by atoms with van der Waals surface area (Å²) in [4.78, 5) is 30.6. The molecule has 1 aromatic rings. The highest BCUT2D eigenvalue weighted by atomic mass is 19.1. The van der Waals surface area contributed by atoms with Gasteiger partial charge >= 0.3 is 6.09 Å². The fourth-order valence-electron chi connectivity index (χ4n) is 5.85. The third-order valence-electron chi connectivity index (χ3n) is 8.02. The lowest BCUT2D eigenvalue weighted by molar-refractivity contribution is -0.148. The van der Waals surface area contributed by atoms with Crippen LogP contribution < -0.4 is 10.2 Å². The van der Waals surface area contributed by atoms with Gasteiger partial charge in [0.15, 0.2) is 6.10 Å². The molecule has 0 unspecified atom stereocenters. The van der Waals surface area contributed by atoms with Crippen molar-refractivity contribution in [1.82, 2.24) is 10.2 Å². The summed E-state index contributed by atoms with van der Waals surface area (Å²) in [6.45, 7) is 11.8. The van der Waals surface area contributed by atoms with E-state index in [1.807, 2.05) is 6.07 Å². The van der Waals surface area contributed by atoms with E-state index in [1.165, 1.54) is 6.07 Å². The summed E-state index contributed by atoms with van der Waals surface area (Å²) in [5.74, 6) is -0.130. The van der Waals surface area contributed by atoms with E-state index in [-0.39, 0.29) is 35.0 Å². The normalized spacial score (nSPS) is 21.7. The van der Waals surface area contributed by atoms with E-state index in [2.05, 4.69) is 37.9 Å². The Labute approximate surface area is 214 Å². The minimum atomic E-state index is -0.759. The van der Waals surface area contributed by atoms with E-state index in [4.69, 9.17) is 9.47 Å². The van der Waals surface area contributed by atoms with E-state index in [0.29, 0.717) is 32.8 Å². The number of halogens is 1. The number of morpholine rings is 1. The Morgan fingerprint density at radius 2 is 1.86 bits per heavy atom. The van der Waals surface area contributed by atoms with Gasteiger partial charge in [0, 0.05) is 43.2 Å². The summed E-state index contributed by atoms with van der Waals surface area (Å²) in [6, 6.07) is 4.75. The third-order valence-corrected chi connectivity index (χ3v) is 8.02. The number of benzene rings is 1. The molecule has 8 heteroatoms. The van der Waals surface area contributed by atoms with Crippen LogP contribution in [0.5, 0.6) is 0 Å². The number of carbonyl (C=O) groups excluding carboxylic acids is 2. The number of carbonyl (C=O) groups is 2. The number of amides is 2. The second kappa shape index (κ2) is 11.4. The van der Waals surface area contributed by atoms with Crippen LogP contribution in [-0.2, 0) is 19.7 Å². The molecule has 3 aliphatic rings. The van der Waals surface area contributed by atoms with Gasteiger partial charge in [-0.1, -0.05) is 47.0 Å². The maximum Gasteiger partial charge on any atom is 0.408 e. The van der Waals surface area contributed by atoms with Crippen LogP contribution in [-0.4, -0.2) is 68.4 Å². The van der Waals surface area contributed by atoms with Crippen LogP contribution in [0.2, 0.25) is 0 Å². The Hall–Kier alpha value is -2.35. The molecule has 1 N–H and O–H groups in total. The molecule has 0 bridgehead atoms. The number of rotatable bonds is 7. The quantitative estimate of drug-likeness (QED) is 0.594. The second-order valence-electron chi connectivity index (χ2n) is 11.6. The van der Waals surface area contributed by atoms with E-state index >= 15 is 0 Å². The molecule has 0 radical (unpaired) electrons. The number of fused-ring (bicyclic) bond motifs is 1. The van der Waals surface area contributed by atoms with Crippen molar-refractivity contribution in [2.75, 3.05) is 44.3 Å². The Balaban J connectivity index is 1.44. The highest BCUT2D eigenvalue weighted by molar-refractivity contribution is 5.84. The number of hydrogen-bond acceptors (Lipinski definition) is 5. The number of hydrogen-bond donors (Lipinski definition) is 1. The molecule has 1 aromatic carbocycles. The monoisotopic (exact) mass is 503 g/mol. The molecule has 2 atom stereocenters. The Kier molecular flexibility index (Phi) is 8.43. The minimum Gasteiger partial charge on any atom is -0.436 e. The Morgan fingerprint density at radius 1 is 1.17 bits per heavy atom. The van der Waals surface area contributed by atoms with Gasteiger partial charge in [-0.2, -0.15) is 0 Å². The largest absolute Gasteiger partial charge is 0.436 e. The van der Waals surface area contributed by atoms with Crippen LogP contribution in [0.4, 0.5) is 14.9 Å². The fourth-order valence-corrected chi connectivity index (χ4v) is 5.85. The molecule has 1 aliphatic carbocycles. The number of ether oxygens (including phenoxy) is 2. The molecular formula is C28H42FN3O4. The van der Waals surface area contributed by atoms with Crippen molar-refractivity contribution in [3.63, 3.8) is 0 Å². The maximum absolute atomic E-state index is 13.9. The van der Waals surface area contributed by atoms with Crippen molar-refractivity contribution >= 4 is 17.7 Å². The van der Waals surface area contributed by atoms with E-state index < -0.39 is 12.2 Å². The average Bonchev–Trinajstić information content (AvgIpc) is 3.11. The number of alkyl carbamates (subject to hydrolysis) is 1. The summed E-state index contributed by atoms with van der Waals surface area (Å²) in [5.41, 5.74) is 1.81. The van der Waals surface area contributed by atoms with Gasteiger partial charge in [0.25, 0.3) is 5.91 Å². The van der Waals surface area contributed by atoms with Gasteiger partial charge in [0.1, 0.15) is 5.82 Å². The van der Waals surface area contributed by atoms with Gasteiger partial charge in [0.2, 0.25) is 0 Å². The Bertz CT molecular complexity index is 925. The first kappa shape index (κ1) is 26.7. The zero-order chi connectivity index (χ0) is 25.9. The second-order valence-corrected chi connectivity index (χ2v) is 11.6. The summed E-state index contributed by atoms with van der Waals surface area (Å²) >= 11 is 0. The molecule has 4 rings (SSSR count). The van der Waals surface area contributed by atoms with Gasteiger partial charge in [-0.25, -0.2) is 9.18 Å². The lowest BCUT2D eigenvalue weighted by Crippen LogP contribution is -2.52. The van der Waals surface area contributed by atoms with Crippen LogP contribution in [0, 0.1) is 17.7 Å². The molecule has 200 valence electrons. The first-order valence-corrected chi connectivity index (χ1v) is 13.5. The van der Waals surface area contributed by atoms with Gasteiger partial charge in [-0.05, 0) is 42.5 Å². The maximum atomic E-state index is 13.9. The van der Waals surface area contributed by atoms with Crippen LogP contribution in [0.25, 0.3) is 0 Å². The van der Waals surface area contributed by atoms with Gasteiger partial charge in [0.05, 0.1) is 19.3 Å². The molecule has 2 heterocycles. The summed E-state index contributed by atoms with van der Waals surface area (Å²) in [5, 5.41) is 3.07. The molecule has 1 saturated carbocycles. The van der Waals surface area contributed by atoms with E-state index in [9.17, 15) is 14.0 Å². The molecule has 2 aliphatic heterocycles. The van der Waals surface area contributed by atoms with Crippen molar-refractivity contribution in [2.24, 2.45) is 11.8 Å². The molecule has 7 nitrogen and oxygen atoms in total. The first-order valence-electron chi connectivity index (χ1n) is 13.5. The smallest absolute Gasteiger partial charge is 0.408 e. The minimum absolute atomic E-state index is 0.0542. The molecule has 2 amide bonds. The first-order chi connectivity index (χ1) is 17.2. The van der Waals surface area contributed by atoms with Gasteiger partial charge in [-0.3, -0.25) is 4.79 Å². The molecule has 2 fully saturated rings. The summed E-state index contributed by atoms with van der Waals surface area (Å²) in [7, 11) is 0. The van der Waals surface area contributed by atoms with Crippen LogP contribution >= 0.6 is 0 Å². The molecular weight excluding hydrogens is 461 g/mol. The molecule has 1 saturated heterocycles. The summed E-state index contributed by atoms with van der Waals surface area (Å²) in [6.07, 6.45) is 3.78. The van der Waals surface area contributed by atoms with Gasteiger partial charge < -0.3 is 24.6 Å². The van der Waals surface area contributed by atoms with Crippen molar-refractivity contribution in [3.05, 3.63) is 29.6 Å². The SMILES string of the molecule is CC(C)[C@@H](CN1CC(C)(C)c2cc(F)ccc21)NC(=O)O[C@H](C(=O)N1CCOCC1)C1CCCCC1. The predicted octanol–water partition coefficient (Wildman–Crippen LogP) is 4.48. The number of nitrogens with one attached hydrogen (secondary N) is 1. The number of anilines is 1. The standard InChI is InChI=1S/C28H42FN3O4/c1-19(2)23(17-32-18-28(3,4)22-16-21(29)10-11-24(22)32)30-27(34)36-25(20-8-6-5-7-9-20)26(33)31-12-14-35-15-13-31/h10-11,16,19-20,23,25H,5-9,12-15,17-18H2,1-4H3,(H,30,34)/t23-,25+/m1/s1. The van der Waals surface area contributed by atoms with E-state index in [0.717, 1.165) is 49.9 Å². The van der Waals surface area contributed by atoms with Gasteiger partial charge in [-0.15, -0.1) is 0 Å². The fraction of sp³-hybridized carbons (Fsp3) is 0.714. The zero-order valence-corrected chi connectivity index (χ0v) is 22.2. The highest BCUT2D eigenvalue weighted by Gasteiger charge is 2.39. The Morgan fingerprint density at radius 3 is 2.53 bits per heavy atom. The van der Waals surface area contributed by atoms with Crippen molar-refractivity contribution in [3.8, 4) is 0 Å². The number of nitrogens with zero attached hydrogens (tertiary/aromatic N) is 2. The zero-order valence-electron chi connectivity index (χ0n) is 22.2. The third kappa shape index (κ3) is 6.13. The molecule has 36 heavy (non-hydrogen) atoms. The van der Waals surface area contributed by atoms with E-state index in [1.54, 1.807) is 11.0 Å².